The third-order valence-corrected chi connectivity index (χ3v) is 5.74. The first-order chi connectivity index (χ1) is 14.7. The molecule has 1 aromatic heterocycles. The molecule has 0 amide bonds. The molecule has 0 unspecified atom stereocenters. The summed E-state index contributed by atoms with van der Waals surface area (Å²) in [5.74, 6) is 0.226. The van der Waals surface area contributed by atoms with E-state index in [-0.39, 0.29) is 5.78 Å². The highest BCUT2D eigenvalue weighted by atomic mass is 35.5. The number of pyridine rings is 1. The molecular formula is C27H18ClNO. The van der Waals surface area contributed by atoms with Gasteiger partial charge in [0.25, 0.3) is 0 Å². The Hall–Kier alpha value is -3.49. The second-order valence-electron chi connectivity index (χ2n) is 7.27. The molecule has 144 valence electrons. The van der Waals surface area contributed by atoms with Crippen LogP contribution in [0.2, 0.25) is 5.15 Å². The van der Waals surface area contributed by atoms with Crippen molar-refractivity contribution in [3.05, 3.63) is 113 Å². The van der Waals surface area contributed by atoms with E-state index in [9.17, 15) is 4.79 Å². The van der Waals surface area contributed by atoms with Crippen molar-refractivity contribution in [2.45, 2.75) is 6.42 Å². The molecule has 5 aromatic rings. The molecule has 1 heterocycles. The van der Waals surface area contributed by atoms with Crippen molar-refractivity contribution in [3.8, 4) is 11.1 Å². The van der Waals surface area contributed by atoms with E-state index >= 15 is 0 Å². The van der Waals surface area contributed by atoms with Gasteiger partial charge in [-0.3, -0.25) is 4.79 Å². The number of halogens is 1. The Morgan fingerprint density at radius 3 is 1.97 bits per heavy atom. The molecule has 0 spiro atoms. The number of rotatable bonds is 0. The van der Waals surface area contributed by atoms with Crippen molar-refractivity contribution in [1.82, 2.24) is 4.98 Å². The van der Waals surface area contributed by atoms with Gasteiger partial charge in [-0.15, -0.1) is 0 Å². The number of nitrogens with zero attached hydrogens (tertiary/aromatic N) is 1. The summed E-state index contributed by atoms with van der Waals surface area (Å²) in [5, 5.41) is 3.90. The minimum Gasteiger partial charge on any atom is -0.294 e. The Balaban J connectivity index is 0.000000128. The predicted octanol–water partition coefficient (Wildman–Crippen LogP) is 7.13. The highest BCUT2D eigenvalue weighted by molar-refractivity contribution is 6.35. The summed E-state index contributed by atoms with van der Waals surface area (Å²) in [4.78, 5) is 16.2. The molecule has 0 atom stereocenters. The Morgan fingerprint density at radius 1 is 0.600 bits per heavy atom. The highest BCUT2D eigenvalue weighted by Crippen LogP contribution is 2.32. The maximum absolute atomic E-state index is 11.8. The lowest BCUT2D eigenvalue weighted by molar-refractivity contribution is 0.0992. The summed E-state index contributed by atoms with van der Waals surface area (Å²) in [5.41, 5.74) is 5.22. The van der Waals surface area contributed by atoms with Gasteiger partial charge in [-0.1, -0.05) is 103 Å². The van der Waals surface area contributed by atoms with Crippen molar-refractivity contribution >= 4 is 39.1 Å². The normalized spacial score (nSPS) is 12.1. The molecule has 0 N–H and O–H groups in total. The fourth-order valence-corrected chi connectivity index (χ4v) is 4.29. The maximum atomic E-state index is 11.8. The predicted molar refractivity (Wildman–Crippen MR) is 124 cm³/mol. The quantitative estimate of drug-likeness (QED) is 0.202. The molecule has 6 rings (SSSR count). The van der Waals surface area contributed by atoms with Crippen LogP contribution in [-0.2, 0) is 6.42 Å². The summed E-state index contributed by atoms with van der Waals surface area (Å²) >= 11 is 6.12. The summed E-state index contributed by atoms with van der Waals surface area (Å²) in [6, 6.07) is 32.1. The lowest BCUT2D eigenvalue weighted by Gasteiger charge is -2.18. The van der Waals surface area contributed by atoms with E-state index in [1.54, 1.807) is 0 Å². The number of carbonyl (C=O) groups is 1. The molecule has 30 heavy (non-hydrogen) atoms. The monoisotopic (exact) mass is 407 g/mol. The van der Waals surface area contributed by atoms with Crippen LogP contribution >= 0.6 is 11.6 Å². The van der Waals surface area contributed by atoms with Gasteiger partial charge in [0.05, 0.1) is 5.52 Å². The van der Waals surface area contributed by atoms with Crippen molar-refractivity contribution in [2.75, 3.05) is 0 Å². The van der Waals surface area contributed by atoms with Crippen LogP contribution in [0.4, 0.5) is 0 Å². The van der Waals surface area contributed by atoms with E-state index < -0.39 is 0 Å². The number of hydrogen-bond donors (Lipinski definition) is 0. The third kappa shape index (κ3) is 3.26. The largest absolute Gasteiger partial charge is 0.294 e. The number of carbonyl (C=O) groups excluding carboxylic acids is 1. The lowest BCUT2D eigenvalue weighted by atomic mass is 9.85. The molecule has 1 aliphatic carbocycles. The van der Waals surface area contributed by atoms with Crippen LogP contribution in [0, 0.1) is 0 Å². The van der Waals surface area contributed by atoms with E-state index in [1.807, 2.05) is 78.9 Å². The second kappa shape index (κ2) is 7.74. The summed E-state index contributed by atoms with van der Waals surface area (Å²) in [6.45, 7) is 0. The number of benzene rings is 4. The molecular weight excluding hydrogens is 390 g/mol. The number of Topliss-reactive ketones (excluding diaryl/α,β-unsaturated/α-hetero) is 1. The molecule has 0 saturated carbocycles. The summed E-state index contributed by atoms with van der Waals surface area (Å²) in [6.07, 6.45) is 0.535. The van der Waals surface area contributed by atoms with E-state index in [2.05, 4.69) is 23.2 Å². The molecule has 4 aromatic carbocycles. The fourth-order valence-electron chi connectivity index (χ4n) is 4.03. The number of para-hydroxylation sites is 1. The van der Waals surface area contributed by atoms with Gasteiger partial charge >= 0.3 is 0 Å². The molecule has 0 fully saturated rings. The van der Waals surface area contributed by atoms with Gasteiger partial charge in [-0.25, -0.2) is 4.98 Å². The first kappa shape index (κ1) is 18.5. The van der Waals surface area contributed by atoms with Crippen molar-refractivity contribution in [1.29, 1.82) is 0 Å². The molecule has 2 nitrogen and oxygen atoms in total. The van der Waals surface area contributed by atoms with Gasteiger partial charge < -0.3 is 0 Å². The van der Waals surface area contributed by atoms with E-state index in [0.29, 0.717) is 11.6 Å². The van der Waals surface area contributed by atoms with E-state index in [4.69, 9.17) is 11.6 Å². The van der Waals surface area contributed by atoms with Gasteiger partial charge in [-0.05, 0) is 28.1 Å². The zero-order chi connectivity index (χ0) is 20.5. The van der Waals surface area contributed by atoms with Crippen LogP contribution in [0.1, 0.15) is 15.9 Å². The van der Waals surface area contributed by atoms with Crippen molar-refractivity contribution < 1.29 is 4.79 Å². The van der Waals surface area contributed by atoms with E-state index in [1.165, 1.54) is 5.56 Å². The molecule has 3 heteroatoms. The molecule has 0 radical (unpaired) electrons. The van der Waals surface area contributed by atoms with Crippen molar-refractivity contribution in [2.24, 2.45) is 0 Å². The van der Waals surface area contributed by atoms with Crippen molar-refractivity contribution in [3.63, 3.8) is 0 Å². The second-order valence-corrected chi connectivity index (χ2v) is 7.63. The molecule has 0 saturated heterocycles. The highest BCUT2D eigenvalue weighted by Gasteiger charge is 2.20. The zero-order valence-corrected chi connectivity index (χ0v) is 16.9. The topological polar surface area (TPSA) is 30.0 Å². The van der Waals surface area contributed by atoms with Gasteiger partial charge in [0.1, 0.15) is 5.15 Å². The smallest absolute Gasteiger partial charge is 0.167 e. The first-order valence-corrected chi connectivity index (χ1v) is 10.2. The van der Waals surface area contributed by atoms with Gasteiger partial charge in [0.2, 0.25) is 0 Å². The average Bonchev–Trinajstić information content (AvgIpc) is 2.80. The van der Waals surface area contributed by atoms with E-state index in [0.717, 1.165) is 38.4 Å². The molecule has 0 aliphatic heterocycles. The van der Waals surface area contributed by atoms with Crippen LogP contribution in [0.25, 0.3) is 32.8 Å². The SMILES string of the molecule is Clc1nc2ccccc2c2ccccc12.O=C1Cc2ccccc2-c2ccccc21. The summed E-state index contributed by atoms with van der Waals surface area (Å²) < 4.78 is 0. The zero-order valence-electron chi connectivity index (χ0n) is 16.2. The minimum absolute atomic E-state index is 0.226. The fraction of sp³-hybridized carbons (Fsp3) is 0.0370. The summed E-state index contributed by atoms with van der Waals surface area (Å²) in [7, 11) is 0. The minimum atomic E-state index is 0.226. The Labute approximate surface area is 179 Å². The van der Waals surface area contributed by atoms with Crippen LogP contribution in [-0.4, -0.2) is 10.8 Å². The van der Waals surface area contributed by atoms with Gasteiger partial charge in [-0.2, -0.15) is 0 Å². The van der Waals surface area contributed by atoms with Crippen LogP contribution in [0.15, 0.2) is 97.1 Å². The van der Waals surface area contributed by atoms with Gasteiger partial charge in [0, 0.05) is 22.8 Å². The lowest BCUT2D eigenvalue weighted by Crippen LogP contribution is -2.11. The Bertz CT molecular complexity index is 1410. The third-order valence-electron chi connectivity index (χ3n) is 5.45. The van der Waals surface area contributed by atoms with Crippen LogP contribution in [0.3, 0.4) is 0 Å². The first-order valence-electron chi connectivity index (χ1n) is 9.86. The van der Waals surface area contributed by atoms with Crippen LogP contribution < -0.4 is 0 Å². The molecule has 1 aliphatic rings. The maximum Gasteiger partial charge on any atom is 0.167 e. The number of aromatic nitrogens is 1. The van der Waals surface area contributed by atoms with Crippen LogP contribution in [0.5, 0.6) is 0 Å². The Kier molecular flexibility index (Phi) is 4.78. The number of ketones is 1. The van der Waals surface area contributed by atoms with Gasteiger partial charge in [0.15, 0.2) is 5.78 Å². The average molecular weight is 408 g/mol. The standard InChI is InChI=1S/C14H10O.C13H8ClN/c15-14-9-10-5-1-2-6-11(10)12-7-3-4-8-13(12)14;14-13-11-7-2-1-5-9(11)10-6-3-4-8-12(10)15-13/h1-8H,9H2;1-8H. The number of hydrogen-bond acceptors (Lipinski definition) is 2. The molecule has 0 bridgehead atoms. The number of fused-ring (bicyclic) bond motifs is 6. The Morgan fingerprint density at radius 2 is 1.17 bits per heavy atom.